The van der Waals surface area contributed by atoms with Crippen LogP contribution in [0.1, 0.15) is 46.5 Å². The van der Waals surface area contributed by atoms with E-state index in [9.17, 15) is 4.79 Å². The molecule has 0 aromatic carbocycles. The maximum atomic E-state index is 12.1. The first-order valence-corrected chi connectivity index (χ1v) is 9.23. The molecule has 2 aromatic heterocycles. The Hall–Kier alpha value is -1.86. The second kappa shape index (κ2) is 7.36. The van der Waals surface area contributed by atoms with Crippen molar-refractivity contribution in [1.82, 2.24) is 25.1 Å². The molecule has 24 heavy (non-hydrogen) atoms. The van der Waals surface area contributed by atoms with Crippen molar-refractivity contribution in [3.63, 3.8) is 0 Å². The Bertz CT molecular complexity index is 755. The molecule has 1 atom stereocenters. The number of fused-ring (bicyclic) bond motifs is 1. The lowest BCUT2D eigenvalue weighted by molar-refractivity contribution is 0.0486. The van der Waals surface area contributed by atoms with Crippen molar-refractivity contribution in [2.75, 3.05) is 5.75 Å². The Morgan fingerprint density at radius 1 is 1.46 bits per heavy atom. The van der Waals surface area contributed by atoms with E-state index in [4.69, 9.17) is 10.00 Å². The Morgan fingerprint density at radius 2 is 2.17 bits per heavy atom. The molecule has 0 radical (unpaired) electrons. The van der Waals surface area contributed by atoms with Crippen LogP contribution in [0.25, 0.3) is 4.96 Å². The average Bonchev–Trinajstić information content (AvgIpc) is 3.00. The van der Waals surface area contributed by atoms with Crippen molar-refractivity contribution in [2.24, 2.45) is 5.92 Å². The Labute approximate surface area is 148 Å². The maximum absolute atomic E-state index is 12.1. The number of ether oxygens (including phenoxy) is 1. The molecular formula is C14H20N6O2S2. The molecule has 1 amide bonds. The fourth-order valence-corrected chi connectivity index (χ4v) is 3.47. The third kappa shape index (κ3) is 4.58. The minimum Gasteiger partial charge on any atom is -0.444 e. The van der Waals surface area contributed by atoms with Gasteiger partial charge in [0.05, 0.1) is 17.9 Å². The number of hydrogen-bond acceptors (Lipinski definition) is 8. The fraction of sp³-hybridized carbons (Fsp3) is 0.643. The van der Waals surface area contributed by atoms with E-state index >= 15 is 0 Å². The van der Waals surface area contributed by atoms with Crippen LogP contribution in [0, 0.1) is 17.2 Å². The predicted molar refractivity (Wildman–Crippen MR) is 91.9 cm³/mol. The smallest absolute Gasteiger partial charge is 0.408 e. The summed E-state index contributed by atoms with van der Waals surface area (Å²) in [5.41, 5.74) is -0.576. The molecule has 0 bridgehead atoms. The molecule has 0 unspecified atom stereocenters. The summed E-state index contributed by atoms with van der Waals surface area (Å²) in [6.07, 6.45) is -0.507. The minimum absolute atomic E-state index is 0.0711. The van der Waals surface area contributed by atoms with Crippen molar-refractivity contribution in [3.05, 3.63) is 5.82 Å². The van der Waals surface area contributed by atoms with Gasteiger partial charge in [-0.25, -0.2) is 4.79 Å². The standard InChI is InChI=1S/C14H20N6O2S2/c1-8(2)9(16-12(21)22-14(3,4)5)10-17-18-11-20(10)19-13(24-11)23-7-6-15/h8-9H,7H2,1-5H3,(H,16,21)/t9-/m0/s1. The quantitative estimate of drug-likeness (QED) is 0.809. The Morgan fingerprint density at radius 3 is 2.75 bits per heavy atom. The summed E-state index contributed by atoms with van der Waals surface area (Å²) in [6.45, 7) is 9.38. The van der Waals surface area contributed by atoms with Gasteiger partial charge in [-0.1, -0.05) is 36.9 Å². The molecule has 2 aromatic rings. The molecule has 0 saturated carbocycles. The molecule has 1 N–H and O–H groups in total. The van der Waals surface area contributed by atoms with Crippen molar-refractivity contribution in [1.29, 1.82) is 5.26 Å². The lowest BCUT2D eigenvalue weighted by atomic mass is 10.0. The number of carbonyl (C=O) groups excluding carboxylic acids is 1. The molecule has 2 heterocycles. The van der Waals surface area contributed by atoms with E-state index in [0.717, 1.165) is 4.34 Å². The summed E-state index contributed by atoms with van der Waals surface area (Å²) in [5.74, 6) is 0.941. The van der Waals surface area contributed by atoms with E-state index in [1.807, 2.05) is 34.6 Å². The van der Waals surface area contributed by atoms with Crippen molar-refractivity contribution >= 4 is 34.2 Å². The summed E-state index contributed by atoms with van der Waals surface area (Å²) in [5, 5.41) is 24.2. The zero-order valence-electron chi connectivity index (χ0n) is 14.2. The van der Waals surface area contributed by atoms with E-state index < -0.39 is 11.7 Å². The lowest BCUT2D eigenvalue weighted by Crippen LogP contribution is -2.37. The number of carbonyl (C=O) groups is 1. The largest absolute Gasteiger partial charge is 0.444 e. The van der Waals surface area contributed by atoms with Gasteiger partial charge in [-0.05, 0) is 26.7 Å². The molecule has 0 aliphatic heterocycles. The lowest BCUT2D eigenvalue weighted by Gasteiger charge is -2.24. The average molecular weight is 368 g/mol. The number of thioether (sulfide) groups is 1. The van der Waals surface area contributed by atoms with E-state index in [1.54, 1.807) is 4.52 Å². The number of nitriles is 1. The molecule has 2 rings (SSSR count). The molecule has 0 aliphatic carbocycles. The van der Waals surface area contributed by atoms with E-state index in [1.165, 1.54) is 23.1 Å². The molecule has 0 fully saturated rings. The van der Waals surface area contributed by atoms with Gasteiger partial charge in [0.2, 0.25) is 4.96 Å². The minimum atomic E-state index is -0.576. The van der Waals surface area contributed by atoms with Crippen LogP contribution in [-0.2, 0) is 4.74 Å². The van der Waals surface area contributed by atoms with Crippen LogP contribution >= 0.6 is 23.1 Å². The van der Waals surface area contributed by atoms with Crippen LogP contribution in [0.4, 0.5) is 4.79 Å². The zero-order valence-corrected chi connectivity index (χ0v) is 15.9. The molecule has 130 valence electrons. The van der Waals surface area contributed by atoms with Crippen LogP contribution in [-0.4, -0.2) is 37.3 Å². The number of rotatable bonds is 5. The topological polar surface area (TPSA) is 105 Å². The highest BCUT2D eigenvalue weighted by Crippen LogP contribution is 2.27. The Balaban J connectivity index is 2.24. The van der Waals surface area contributed by atoms with Gasteiger partial charge in [0.15, 0.2) is 10.2 Å². The third-order valence-corrected chi connectivity index (χ3v) is 4.77. The monoisotopic (exact) mass is 368 g/mol. The molecule has 10 heteroatoms. The Kier molecular flexibility index (Phi) is 5.66. The molecule has 0 saturated heterocycles. The van der Waals surface area contributed by atoms with Gasteiger partial charge in [-0.2, -0.15) is 9.78 Å². The number of alkyl carbamates (subject to hydrolysis) is 1. The van der Waals surface area contributed by atoms with Gasteiger partial charge in [0, 0.05) is 0 Å². The summed E-state index contributed by atoms with van der Waals surface area (Å²) in [4.78, 5) is 12.7. The number of amides is 1. The number of aromatic nitrogens is 4. The van der Waals surface area contributed by atoms with Gasteiger partial charge in [0.1, 0.15) is 5.60 Å². The van der Waals surface area contributed by atoms with Crippen LogP contribution in [0.5, 0.6) is 0 Å². The molecule has 0 aliphatic rings. The van der Waals surface area contributed by atoms with Gasteiger partial charge in [-0.15, -0.1) is 15.3 Å². The molecule has 0 spiro atoms. The fourth-order valence-electron chi connectivity index (χ4n) is 1.92. The zero-order chi connectivity index (χ0) is 17.9. The second-order valence-electron chi connectivity index (χ2n) is 6.44. The number of hydrogen-bond donors (Lipinski definition) is 1. The van der Waals surface area contributed by atoms with Crippen molar-refractivity contribution < 1.29 is 9.53 Å². The summed E-state index contributed by atoms with van der Waals surface area (Å²) < 4.78 is 7.68. The predicted octanol–water partition coefficient (Wildman–Crippen LogP) is 3.02. The van der Waals surface area contributed by atoms with Crippen LogP contribution in [0.15, 0.2) is 4.34 Å². The first-order valence-electron chi connectivity index (χ1n) is 7.42. The number of nitrogens with one attached hydrogen (secondary N) is 1. The highest BCUT2D eigenvalue weighted by atomic mass is 32.2. The molecular weight excluding hydrogens is 348 g/mol. The highest BCUT2D eigenvalue weighted by Gasteiger charge is 2.27. The van der Waals surface area contributed by atoms with E-state index in [-0.39, 0.29) is 12.0 Å². The van der Waals surface area contributed by atoms with E-state index in [0.29, 0.717) is 16.5 Å². The summed E-state index contributed by atoms with van der Waals surface area (Å²) in [7, 11) is 0. The van der Waals surface area contributed by atoms with Gasteiger partial charge < -0.3 is 10.1 Å². The van der Waals surface area contributed by atoms with Crippen molar-refractivity contribution in [3.8, 4) is 6.07 Å². The van der Waals surface area contributed by atoms with Crippen LogP contribution in [0.3, 0.4) is 0 Å². The SMILES string of the molecule is CC(C)[C@H](NC(=O)OC(C)(C)C)c1nnc2sc(SCC#N)nn12. The first-order chi connectivity index (χ1) is 11.2. The second-order valence-corrected chi connectivity index (χ2v) is 8.61. The van der Waals surface area contributed by atoms with Gasteiger partial charge in [-0.3, -0.25) is 0 Å². The number of nitrogens with zero attached hydrogens (tertiary/aromatic N) is 5. The van der Waals surface area contributed by atoms with Crippen molar-refractivity contribution in [2.45, 2.75) is 50.6 Å². The van der Waals surface area contributed by atoms with Crippen LogP contribution in [0.2, 0.25) is 0 Å². The van der Waals surface area contributed by atoms with Crippen LogP contribution < -0.4 is 5.32 Å². The summed E-state index contributed by atoms with van der Waals surface area (Å²) >= 11 is 2.71. The highest BCUT2D eigenvalue weighted by molar-refractivity contribution is 8.01. The summed E-state index contributed by atoms with van der Waals surface area (Å²) in [6, 6.07) is 1.68. The van der Waals surface area contributed by atoms with Gasteiger partial charge >= 0.3 is 6.09 Å². The first kappa shape index (κ1) is 18.5. The van der Waals surface area contributed by atoms with Gasteiger partial charge in [0.25, 0.3) is 0 Å². The van der Waals surface area contributed by atoms with E-state index in [2.05, 4.69) is 26.7 Å². The third-order valence-electron chi connectivity index (χ3n) is 2.87. The normalized spacial score (nSPS) is 13.0. The molecule has 8 nitrogen and oxygen atoms in total. The maximum Gasteiger partial charge on any atom is 0.408 e.